The molecule has 146 valence electrons. The molecule has 1 aliphatic carbocycles. The summed E-state index contributed by atoms with van der Waals surface area (Å²) in [5, 5.41) is 2.98. The average Bonchev–Trinajstić information content (AvgIpc) is 2.91. The highest BCUT2D eigenvalue weighted by molar-refractivity contribution is 6.07. The summed E-state index contributed by atoms with van der Waals surface area (Å²) < 4.78 is 5.86. The molecule has 5 heteroatoms. The minimum atomic E-state index is -0.778. The highest BCUT2D eigenvalue weighted by Crippen LogP contribution is 2.33. The number of urea groups is 1. The second-order valence-electron chi connectivity index (χ2n) is 7.89. The Labute approximate surface area is 165 Å². The van der Waals surface area contributed by atoms with E-state index in [2.05, 4.69) is 23.5 Å². The number of aryl methyl sites for hydroxylation is 3. The second kappa shape index (κ2) is 7.30. The minimum absolute atomic E-state index is 0.0984. The largest absolute Gasteiger partial charge is 0.493 e. The fraction of sp³-hybridized carbons (Fsp3) is 0.391. The maximum Gasteiger partial charge on any atom is 0.325 e. The number of imide groups is 1. The molecule has 0 saturated carbocycles. The molecule has 0 aromatic heterocycles. The van der Waals surface area contributed by atoms with Gasteiger partial charge in [-0.2, -0.15) is 0 Å². The first-order chi connectivity index (χ1) is 13.5. The molecule has 1 atom stereocenters. The van der Waals surface area contributed by atoms with Gasteiger partial charge in [-0.3, -0.25) is 9.69 Å². The van der Waals surface area contributed by atoms with Gasteiger partial charge in [-0.15, -0.1) is 0 Å². The van der Waals surface area contributed by atoms with Gasteiger partial charge < -0.3 is 10.1 Å². The van der Waals surface area contributed by atoms with Crippen molar-refractivity contribution in [3.8, 4) is 5.75 Å². The standard InChI is InChI=1S/C23H26N2O3/c1-16-8-9-17(2)20(14-16)28-13-5-12-25-21(26)23(24-22(25)27)11-10-18-6-3-4-7-19(18)15-23/h3-4,6-9,14H,5,10-13,15H2,1-2H3,(H,24,27). The summed E-state index contributed by atoms with van der Waals surface area (Å²) in [5.41, 5.74) is 3.88. The predicted octanol–water partition coefficient (Wildman–Crippen LogP) is 3.55. The van der Waals surface area contributed by atoms with Gasteiger partial charge in [-0.1, -0.05) is 36.4 Å². The van der Waals surface area contributed by atoms with Crippen LogP contribution in [0.25, 0.3) is 0 Å². The normalized spacial score (nSPS) is 21.0. The second-order valence-corrected chi connectivity index (χ2v) is 7.89. The molecule has 1 unspecified atom stereocenters. The van der Waals surface area contributed by atoms with Crippen molar-refractivity contribution in [1.82, 2.24) is 10.2 Å². The van der Waals surface area contributed by atoms with Crippen LogP contribution in [0, 0.1) is 13.8 Å². The molecule has 1 N–H and O–H groups in total. The van der Waals surface area contributed by atoms with Crippen LogP contribution >= 0.6 is 0 Å². The van der Waals surface area contributed by atoms with Crippen LogP contribution in [0.4, 0.5) is 4.79 Å². The van der Waals surface area contributed by atoms with Crippen molar-refractivity contribution in [1.29, 1.82) is 0 Å². The fourth-order valence-electron chi connectivity index (χ4n) is 4.17. The molecular formula is C23H26N2O3. The molecule has 2 aromatic carbocycles. The Hall–Kier alpha value is -2.82. The van der Waals surface area contributed by atoms with Gasteiger partial charge in [-0.05, 0) is 61.4 Å². The van der Waals surface area contributed by atoms with Gasteiger partial charge in [0.25, 0.3) is 5.91 Å². The maximum atomic E-state index is 13.1. The summed E-state index contributed by atoms with van der Waals surface area (Å²) in [5.74, 6) is 0.760. The average molecular weight is 378 g/mol. The molecule has 3 amide bonds. The van der Waals surface area contributed by atoms with E-state index >= 15 is 0 Å². The number of amides is 3. The van der Waals surface area contributed by atoms with Crippen LogP contribution in [0.3, 0.4) is 0 Å². The van der Waals surface area contributed by atoms with Gasteiger partial charge in [0, 0.05) is 13.0 Å². The quantitative estimate of drug-likeness (QED) is 0.639. The van der Waals surface area contributed by atoms with Crippen molar-refractivity contribution in [2.45, 2.75) is 45.1 Å². The lowest BCUT2D eigenvalue weighted by molar-refractivity contribution is -0.131. The topological polar surface area (TPSA) is 58.6 Å². The van der Waals surface area contributed by atoms with E-state index in [0.717, 1.165) is 28.9 Å². The molecule has 28 heavy (non-hydrogen) atoms. The summed E-state index contributed by atoms with van der Waals surface area (Å²) in [6, 6.07) is 14.0. The maximum absolute atomic E-state index is 13.1. The van der Waals surface area contributed by atoms with Gasteiger partial charge in [0.1, 0.15) is 11.3 Å². The Morgan fingerprint density at radius 1 is 1.11 bits per heavy atom. The Morgan fingerprint density at radius 2 is 1.89 bits per heavy atom. The molecule has 1 heterocycles. The van der Waals surface area contributed by atoms with E-state index in [4.69, 9.17) is 4.74 Å². The number of rotatable bonds is 5. The zero-order chi connectivity index (χ0) is 19.7. The van der Waals surface area contributed by atoms with Crippen LogP contribution in [-0.2, 0) is 17.6 Å². The van der Waals surface area contributed by atoms with E-state index in [9.17, 15) is 9.59 Å². The summed E-state index contributed by atoms with van der Waals surface area (Å²) >= 11 is 0. The summed E-state index contributed by atoms with van der Waals surface area (Å²) in [6.45, 7) is 4.88. The Morgan fingerprint density at radius 3 is 2.71 bits per heavy atom. The Balaban J connectivity index is 1.37. The van der Waals surface area contributed by atoms with E-state index in [1.807, 2.05) is 38.1 Å². The highest BCUT2D eigenvalue weighted by Gasteiger charge is 2.51. The zero-order valence-corrected chi connectivity index (χ0v) is 16.5. The number of nitrogens with zero attached hydrogens (tertiary/aromatic N) is 1. The zero-order valence-electron chi connectivity index (χ0n) is 16.5. The van der Waals surface area contributed by atoms with Gasteiger partial charge >= 0.3 is 6.03 Å². The van der Waals surface area contributed by atoms with Gasteiger partial charge in [0.15, 0.2) is 0 Å². The number of hydrogen-bond acceptors (Lipinski definition) is 3. The SMILES string of the molecule is Cc1ccc(C)c(OCCCN2C(=O)NC3(CCc4ccccc4C3)C2=O)c1. The fourth-order valence-corrected chi connectivity index (χ4v) is 4.17. The third kappa shape index (κ3) is 3.37. The molecule has 1 aliphatic heterocycles. The first-order valence-electron chi connectivity index (χ1n) is 9.89. The van der Waals surface area contributed by atoms with Crippen molar-refractivity contribution < 1.29 is 14.3 Å². The number of benzene rings is 2. The summed E-state index contributed by atoms with van der Waals surface area (Å²) in [7, 11) is 0. The summed E-state index contributed by atoms with van der Waals surface area (Å²) in [4.78, 5) is 26.9. The van der Waals surface area contributed by atoms with Crippen molar-refractivity contribution >= 4 is 11.9 Å². The van der Waals surface area contributed by atoms with Gasteiger partial charge in [0.2, 0.25) is 0 Å². The van der Waals surface area contributed by atoms with Crippen LogP contribution in [0.2, 0.25) is 0 Å². The molecule has 5 nitrogen and oxygen atoms in total. The first kappa shape index (κ1) is 18.5. The number of carbonyl (C=O) groups excluding carboxylic acids is 2. The van der Waals surface area contributed by atoms with Gasteiger partial charge in [0.05, 0.1) is 6.61 Å². The van der Waals surface area contributed by atoms with E-state index < -0.39 is 5.54 Å². The van der Waals surface area contributed by atoms with Gasteiger partial charge in [-0.25, -0.2) is 4.79 Å². The lowest BCUT2D eigenvalue weighted by atomic mass is 9.78. The Bertz CT molecular complexity index is 924. The van der Waals surface area contributed by atoms with Crippen LogP contribution in [0.5, 0.6) is 5.75 Å². The number of carbonyl (C=O) groups is 2. The van der Waals surface area contributed by atoms with Crippen LogP contribution < -0.4 is 10.1 Å². The smallest absolute Gasteiger partial charge is 0.325 e. The predicted molar refractivity (Wildman–Crippen MR) is 107 cm³/mol. The lowest BCUT2D eigenvalue weighted by Gasteiger charge is -2.32. The van der Waals surface area contributed by atoms with E-state index in [0.29, 0.717) is 32.4 Å². The van der Waals surface area contributed by atoms with Crippen molar-refractivity contribution in [2.75, 3.05) is 13.2 Å². The number of fused-ring (bicyclic) bond motifs is 1. The van der Waals surface area contributed by atoms with Crippen LogP contribution in [0.15, 0.2) is 42.5 Å². The Kier molecular flexibility index (Phi) is 4.84. The van der Waals surface area contributed by atoms with Crippen molar-refractivity contribution in [3.05, 3.63) is 64.7 Å². The molecule has 2 aromatic rings. The molecular weight excluding hydrogens is 352 g/mol. The highest BCUT2D eigenvalue weighted by atomic mass is 16.5. The molecule has 1 fully saturated rings. The van der Waals surface area contributed by atoms with Crippen LogP contribution in [-0.4, -0.2) is 35.5 Å². The number of nitrogens with one attached hydrogen (secondary N) is 1. The third-order valence-corrected chi connectivity index (χ3v) is 5.80. The summed E-state index contributed by atoms with van der Waals surface area (Å²) in [6.07, 6.45) is 2.65. The number of hydrogen-bond donors (Lipinski definition) is 1. The third-order valence-electron chi connectivity index (χ3n) is 5.80. The van der Waals surface area contributed by atoms with Crippen molar-refractivity contribution in [2.24, 2.45) is 0 Å². The van der Waals surface area contributed by atoms with Crippen molar-refractivity contribution in [3.63, 3.8) is 0 Å². The minimum Gasteiger partial charge on any atom is -0.493 e. The molecule has 2 aliphatic rings. The number of ether oxygens (including phenoxy) is 1. The molecule has 4 rings (SSSR count). The molecule has 0 bridgehead atoms. The van der Waals surface area contributed by atoms with Crippen LogP contribution in [0.1, 0.15) is 35.1 Å². The van der Waals surface area contributed by atoms with E-state index in [-0.39, 0.29) is 11.9 Å². The monoisotopic (exact) mass is 378 g/mol. The molecule has 1 spiro atoms. The van der Waals surface area contributed by atoms with E-state index in [1.54, 1.807) is 0 Å². The first-order valence-corrected chi connectivity index (χ1v) is 9.89. The molecule has 0 radical (unpaired) electrons. The lowest BCUT2D eigenvalue weighted by Crippen LogP contribution is -2.51. The molecule has 1 saturated heterocycles. The van der Waals surface area contributed by atoms with E-state index in [1.165, 1.54) is 10.5 Å².